The number of benzene rings is 1. The van der Waals surface area contributed by atoms with E-state index in [4.69, 9.17) is 4.52 Å². The highest BCUT2D eigenvalue weighted by Crippen LogP contribution is 2.31. The maximum absolute atomic E-state index is 12.8. The Labute approximate surface area is 165 Å². The molecule has 1 saturated carbocycles. The normalized spacial score (nSPS) is 16.6. The van der Waals surface area contributed by atoms with E-state index in [1.807, 2.05) is 29.2 Å². The Morgan fingerprint density at radius 3 is 2.96 bits per heavy atom. The zero-order chi connectivity index (χ0) is 19.1. The molecule has 0 unspecified atom stereocenters. The van der Waals surface area contributed by atoms with Gasteiger partial charge in [0.05, 0.1) is 18.7 Å². The number of carbonyl (C=O) groups excluding carboxylic acids is 2. The lowest BCUT2D eigenvalue weighted by Gasteiger charge is -2.25. The van der Waals surface area contributed by atoms with Gasteiger partial charge in [-0.2, -0.15) is 0 Å². The second kappa shape index (κ2) is 7.01. The van der Waals surface area contributed by atoms with Crippen LogP contribution in [0.2, 0.25) is 0 Å². The number of hydrogen-bond acceptors (Lipinski definition) is 6. The van der Waals surface area contributed by atoms with Gasteiger partial charge < -0.3 is 14.7 Å². The van der Waals surface area contributed by atoms with Crippen LogP contribution in [0, 0.1) is 5.92 Å². The lowest BCUT2D eigenvalue weighted by Crippen LogP contribution is -2.36. The monoisotopic (exact) mass is 396 g/mol. The van der Waals surface area contributed by atoms with Gasteiger partial charge in [-0.3, -0.25) is 9.59 Å². The highest BCUT2D eigenvalue weighted by molar-refractivity contribution is 7.15. The molecule has 28 heavy (non-hydrogen) atoms. The molecule has 1 aromatic carbocycles. The maximum atomic E-state index is 12.8. The van der Waals surface area contributed by atoms with Crippen molar-refractivity contribution in [1.82, 2.24) is 15.0 Å². The van der Waals surface area contributed by atoms with Crippen molar-refractivity contribution in [3.8, 4) is 0 Å². The number of nitrogens with zero attached hydrogens (tertiary/aromatic N) is 3. The summed E-state index contributed by atoms with van der Waals surface area (Å²) < 4.78 is 5.30. The van der Waals surface area contributed by atoms with Crippen LogP contribution in [0.25, 0.3) is 11.0 Å². The van der Waals surface area contributed by atoms with Crippen LogP contribution in [0.3, 0.4) is 0 Å². The van der Waals surface area contributed by atoms with E-state index in [9.17, 15) is 9.59 Å². The fourth-order valence-corrected chi connectivity index (χ4v) is 4.69. The lowest BCUT2D eigenvalue weighted by molar-refractivity contribution is -0.131. The number of rotatable bonds is 4. The topological polar surface area (TPSA) is 88.3 Å². The van der Waals surface area contributed by atoms with Crippen molar-refractivity contribution >= 4 is 39.3 Å². The van der Waals surface area contributed by atoms with Crippen molar-refractivity contribution in [1.29, 1.82) is 0 Å². The number of amides is 2. The number of thiazole rings is 1. The van der Waals surface area contributed by atoms with Gasteiger partial charge >= 0.3 is 0 Å². The molecule has 3 heterocycles. The van der Waals surface area contributed by atoms with Crippen molar-refractivity contribution in [3.05, 3.63) is 40.5 Å². The van der Waals surface area contributed by atoms with E-state index in [-0.39, 0.29) is 24.2 Å². The van der Waals surface area contributed by atoms with Crippen LogP contribution < -0.4 is 5.32 Å². The molecule has 1 aliphatic heterocycles. The zero-order valence-corrected chi connectivity index (χ0v) is 16.1. The van der Waals surface area contributed by atoms with Crippen molar-refractivity contribution in [2.75, 3.05) is 11.9 Å². The average molecular weight is 396 g/mol. The molecule has 1 fully saturated rings. The van der Waals surface area contributed by atoms with Crippen LogP contribution in [0.1, 0.15) is 35.5 Å². The summed E-state index contributed by atoms with van der Waals surface area (Å²) in [4.78, 5) is 32.4. The molecular weight excluding hydrogens is 376 g/mol. The first-order valence-corrected chi connectivity index (χ1v) is 10.4. The number of aromatic nitrogens is 2. The predicted octanol–water partition coefficient (Wildman–Crippen LogP) is 3.15. The minimum atomic E-state index is 0.0261. The van der Waals surface area contributed by atoms with E-state index < -0.39 is 0 Å². The first kappa shape index (κ1) is 17.4. The predicted molar refractivity (Wildman–Crippen MR) is 105 cm³/mol. The van der Waals surface area contributed by atoms with Gasteiger partial charge in [0.25, 0.3) is 0 Å². The first-order chi connectivity index (χ1) is 13.7. The van der Waals surface area contributed by atoms with Crippen LogP contribution in [0.15, 0.2) is 28.8 Å². The summed E-state index contributed by atoms with van der Waals surface area (Å²) in [7, 11) is 0. The fraction of sp³-hybridized carbons (Fsp3) is 0.400. The fourth-order valence-electron chi connectivity index (χ4n) is 3.66. The highest BCUT2D eigenvalue weighted by atomic mass is 32.1. The Morgan fingerprint density at radius 1 is 1.29 bits per heavy atom. The van der Waals surface area contributed by atoms with Gasteiger partial charge in [0.1, 0.15) is 5.69 Å². The van der Waals surface area contributed by atoms with Crippen molar-refractivity contribution in [3.63, 3.8) is 0 Å². The van der Waals surface area contributed by atoms with Gasteiger partial charge in [-0.1, -0.05) is 35.0 Å². The van der Waals surface area contributed by atoms with Crippen LogP contribution in [-0.4, -0.2) is 33.4 Å². The Bertz CT molecular complexity index is 1050. The molecule has 0 radical (unpaired) electrons. The molecule has 0 atom stereocenters. The van der Waals surface area contributed by atoms with E-state index in [1.165, 1.54) is 11.3 Å². The summed E-state index contributed by atoms with van der Waals surface area (Å²) in [5.74, 6) is 0.234. The summed E-state index contributed by atoms with van der Waals surface area (Å²) in [6, 6.07) is 7.57. The van der Waals surface area contributed by atoms with Gasteiger partial charge in [-0.15, -0.1) is 0 Å². The van der Waals surface area contributed by atoms with E-state index in [2.05, 4.69) is 15.5 Å². The Hall–Kier alpha value is -2.74. The maximum Gasteiger partial charge on any atom is 0.229 e. The zero-order valence-electron chi connectivity index (χ0n) is 15.3. The molecule has 1 N–H and O–H groups in total. The summed E-state index contributed by atoms with van der Waals surface area (Å²) >= 11 is 1.48. The minimum Gasteiger partial charge on any atom is -0.356 e. The van der Waals surface area contributed by atoms with Crippen molar-refractivity contribution in [2.45, 2.75) is 38.6 Å². The Balaban J connectivity index is 1.26. The molecular formula is C20H20N4O3S. The number of fused-ring (bicyclic) bond motifs is 2. The second-order valence-corrected chi connectivity index (χ2v) is 8.46. The van der Waals surface area contributed by atoms with Crippen LogP contribution >= 0.6 is 11.3 Å². The molecule has 7 nitrogen and oxygen atoms in total. The summed E-state index contributed by atoms with van der Waals surface area (Å²) in [5.41, 5.74) is 2.36. The molecule has 144 valence electrons. The van der Waals surface area contributed by atoms with Crippen molar-refractivity contribution in [2.24, 2.45) is 5.92 Å². The van der Waals surface area contributed by atoms with E-state index >= 15 is 0 Å². The lowest BCUT2D eigenvalue weighted by atomic mass is 9.85. The number of para-hydroxylation sites is 1. The molecule has 0 spiro atoms. The SMILES string of the molecule is O=C(Nc1nc2c(s1)CN(C(=O)Cc1noc3ccccc13)CC2)C1CCC1. The highest BCUT2D eigenvalue weighted by Gasteiger charge is 2.28. The molecule has 8 heteroatoms. The van der Waals surface area contributed by atoms with Crippen LogP contribution in [0.5, 0.6) is 0 Å². The molecule has 3 aromatic rings. The Kier molecular flexibility index (Phi) is 4.35. The van der Waals surface area contributed by atoms with Crippen molar-refractivity contribution < 1.29 is 14.1 Å². The van der Waals surface area contributed by atoms with Gasteiger partial charge in [-0.25, -0.2) is 4.98 Å². The van der Waals surface area contributed by atoms with E-state index in [1.54, 1.807) is 0 Å². The van der Waals surface area contributed by atoms with E-state index in [0.717, 1.165) is 35.2 Å². The molecule has 0 saturated heterocycles. The first-order valence-electron chi connectivity index (χ1n) is 9.58. The summed E-state index contributed by atoms with van der Waals surface area (Å²) in [6.45, 7) is 1.16. The summed E-state index contributed by atoms with van der Waals surface area (Å²) in [5, 5.41) is 8.54. The third kappa shape index (κ3) is 3.17. The van der Waals surface area contributed by atoms with Gasteiger partial charge in [-0.05, 0) is 25.0 Å². The smallest absolute Gasteiger partial charge is 0.229 e. The van der Waals surface area contributed by atoms with Gasteiger partial charge in [0.15, 0.2) is 10.7 Å². The minimum absolute atomic E-state index is 0.0261. The third-order valence-corrected chi connectivity index (χ3v) is 6.56. The quantitative estimate of drug-likeness (QED) is 0.732. The molecule has 5 rings (SSSR count). The largest absolute Gasteiger partial charge is 0.356 e. The standard InChI is InChI=1S/C20H20N4O3S/c25-18(10-15-13-6-1-2-7-16(13)27-23-15)24-9-8-14-17(11-24)28-20(21-14)22-19(26)12-4-3-5-12/h1-2,6-7,12H,3-5,8-11H2,(H,21,22,26). The van der Waals surface area contributed by atoms with Crippen LogP contribution in [0.4, 0.5) is 5.13 Å². The van der Waals surface area contributed by atoms with Gasteiger partial charge in [0, 0.05) is 29.1 Å². The Morgan fingerprint density at radius 2 is 2.14 bits per heavy atom. The third-order valence-electron chi connectivity index (χ3n) is 5.56. The number of nitrogens with one attached hydrogen (secondary N) is 1. The summed E-state index contributed by atoms with van der Waals surface area (Å²) in [6.07, 6.45) is 3.99. The van der Waals surface area contributed by atoms with Crippen LogP contribution in [-0.2, 0) is 29.0 Å². The van der Waals surface area contributed by atoms with Gasteiger partial charge in [0.2, 0.25) is 11.8 Å². The number of anilines is 1. The number of carbonyl (C=O) groups is 2. The molecule has 2 aromatic heterocycles. The second-order valence-electron chi connectivity index (χ2n) is 7.37. The van der Waals surface area contributed by atoms with E-state index in [0.29, 0.717) is 35.9 Å². The molecule has 2 amide bonds. The molecule has 0 bridgehead atoms. The molecule has 2 aliphatic rings. The number of hydrogen-bond donors (Lipinski definition) is 1. The molecule has 1 aliphatic carbocycles. The average Bonchev–Trinajstić information content (AvgIpc) is 3.23.